The minimum absolute atomic E-state index is 0.413. The topological polar surface area (TPSA) is 49.3 Å². The highest BCUT2D eigenvalue weighted by molar-refractivity contribution is 6.30. The highest BCUT2D eigenvalue weighted by Crippen LogP contribution is 2.34. The number of hydrogen-bond donors (Lipinski definition) is 0. The van der Waals surface area contributed by atoms with Gasteiger partial charge in [-0.1, -0.05) is 30.3 Å². The quantitative estimate of drug-likeness (QED) is 0.273. The summed E-state index contributed by atoms with van der Waals surface area (Å²) in [4.78, 5) is 4.56. The van der Waals surface area contributed by atoms with Crippen molar-refractivity contribution in [1.82, 2.24) is 0 Å². The summed E-state index contributed by atoms with van der Waals surface area (Å²) < 4.78 is 22.4. The molecule has 0 bridgehead atoms. The van der Waals surface area contributed by atoms with Gasteiger partial charge in [0.05, 0.1) is 46.1 Å². The lowest BCUT2D eigenvalue weighted by atomic mass is 10.1. The van der Waals surface area contributed by atoms with Crippen molar-refractivity contribution < 1.29 is 18.9 Å². The first-order valence-electron chi connectivity index (χ1n) is 8.91. The van der Waals surface area contributed by atoms with E-state index in [4.69, 9.17) is 30.5 Å². The van der Waals surface area contributed by atoms with E-state index in [1.54, 1.807) is 26.4 Å². The number of halogens is 1. The van der Waals surface area contributed by atoms with Gasteiger partial charge in [0.15, 0.2) is 11.5 Å². The largest absolute Gasteiger partial charge is 0.493 e. The first-order valence-corrected chi connectivity index (χ1v) is 9.28. The molecule has 2 rings (SSSR count). The van der Waals surface area contributed by atoms with Gasteiger partial charge in [-0.05, 0) is 42.1 Å². The second-order valence-corrected chi connectivity index (χ2v) is 5.79. The van der Waals surface area contributed by atoms with Crippen molar-refractivity contribution in [3.8, 4) is 22.8 Å². The Morgan fingerprint density at radius 2 is 1.86 bits per heavy atom. The lowest BCUT2D eigenvalue weighted by molar-refractivity contribution is 0.128. The fraction of sp³-hybridized carbons (Fsp3) is 0.318. The van der Waals surface area contributed by atoms with Crippen molar-refractivity contribution in [2.45, 2.75) is 13.5 Å². The van der Waals surface area contributed by atoms with Crippen LogP contribution in [0.4, 0.5) is 0 Å². The van der Waals surface area contributed by atoms with Crippen LogP contribution in [-0.4, -0.2) is 39.9 Å². The molecular formula is C22H24ClNO4. The van der Waals surface area contributed by atoms with E-state index in [2.05, 4.69) is 16.3 Å². The number of methoxy groups -OCH3 is 2. The molecule has 0 spiro atoms. The van der Waals surface area contributed by atoms with E-state index >= 15 is 0 Å². The summed E-state index contributed by atoms with van der Waals surface area (Å²) in [5.41, 5.74) is 2.37. The standard InChI is InChI=1S/C22H24ClNO4/c1-4-28-22(24-14-15-27-16-17-8-6-5-7-9-17)20-18(12-13-23)10-11-19(25-2)21(20)26-3/h5-11H,4,14-16H2,1-3H3. The third-order valence-electron chi connectivity index (χ3n) is 3.83. The highest BCUT2D eigenvalue weighted by Gasteiger charge is 2.20. The molecule has 6 heteroatoms. The van der Waals surface area contributed by atoms with Crippen molar-refractivity contribution >= 4 is 17.5 Å². The van der Waals surface area contributed by atoms with Crippen LogP contribution in [0.3, 0.4) is 0 Å². The summed E-state index contributed by atoms with van der Waals surface area (Å²) in [6.07, 6.45) is 0. The van der Waals surface area contributed by atoms with Gasteiger partial charge in [0, 0.05) is 10.9 Å². The maximum atomic E-state index is 5.77. The molecule has 0 aromatic heterocycles. The van der Waals surface area contributed by atoms with E-state index in [1.165, 1.54) is 0 Å². The van der Waals surface area contributed by atoms with Crippen LogP contribution in [-0.2, 0) is 16.1 Å². The summed E-state index contributed by atoms with van der Waals surface area (Å²) >= 11 is 5.63. The van der Waals surface area contributed by atoms with Crippen molar-refractivity contribution in [1.29, 1.82) is 0 Å². The molecule has 0 atom stereocenters. The Labute approximate surface area is 171 Å². The summed E-state index contributed by atoms with van der Waals surface area (Å²) in [5.74, 6) is 4.32. The van der Waals surface area contributed by atoms with Crippen molar-refractivity contribution in [3.05, 3.63) is 59.2 Å². The molecule has 148 valence electrons. The van der Waals surface area contributed by atoms with Gasteiger partial charge in [-0.25, -0.2) is 4.99 Å². The predicted molar refractivity (Wildman–Crippen MR) is 111 cm³/mol. The molecular weight excluding hydrogens is 378 g/mol. The maximum Gasteiger partial charge on any atom is 0.221 e. The van der Waals surface area contributed by atoms with Gasteiger partial charge in [0.2, 0.25) is 5.90 Å². The van der Waals surface area contributed by atoms with Gasteiger partial charge in [0.1, 0.15) is 0 Å². The molecule has 2 aromatic carbocycles. The number of ether oxygens (including phenoxy) is 4. The molecule has 28 heavy (non-hydrogen) atoms. The second-order valence-electron chi connectivity index (χ2n) is 5.60. The highest BCUT2D eigenvalue weighted by atomic mass is 35.5. The summed E-state index contributed by atoms with van der Waals surface area (Å²) in [6.45, 7) is 3.75. The first kappa shape index (κ1) is 21.6. The zero-order valence-electron chi connectivity index (χ0n) is 16.3. The molecule has 5 nitrogen and oxygen atoms in total. The van der Waals surface area contributed by atoms with Crippen LogP contribution in [0.25, 0.3) is 0 Å². The summed E-state index contributed by atoms with van der Waals surface area (Å²) in [5, 5.41) is 2.40. The van der Waals surface area contributed by atoms with Crippen LogP contribution < -0.4 is 9.47 Å². The average molecular weight is 402 g/mol. The third-order valence-corrected chi connectivity index (χ3v) is 3.92. The number of hydrogen-bond acceptors (Lipinski definition) is 5. The number of rotatable bonds is 9. The predicted octanol–water partition coefficient (Wildman–Crippen LogP) is 4.25. The zero-order chi connectivity index (χ0) is 20.2. The normalized spacial score (nSPS) is 10.8. The van der Waals surface area contributed by atoms with Crippen molar-refractivity contribution in [2.24, 2.45) is 4.99 Å². The van der Waals surface area contributed by atoms with E-state index in [-0.39, 0.29) is 0 Å². The number of benzene rings is 2. The molecule has 0 unspecified atom stereocenters. The van der Waals surface area contributed by atoms with Crippen LogP contribution in [0.2, 0.25) is 0 Å². The second kappa shape index (κ2) is 11.9. The van der Waals surface area contributed by atoms with E-state index < -0.39 is 0 Å². The Hall–Kier alpha value is -2.68. The van der Waals surface area contributed by atoms with E-state index in [0.717, 1.165) is 5.56 Å². The number of nitrogens with zero attached hydrogens (tertiary/aromatic N) is 1. The molecule has 0 fully saturated rings. The molecule has 0 radical (unpaired) electrons. The molecule has 0 N–H and O–H groups in total. The van der Waals surface area contributed by atoms with Crippen molar-refractivity contribution in [3.63, 3.8) is 0 Å². The van der Waals surface area contributed by atoms with E-state index in [1.807, 2.05) is 37.3 Å². The minimum Gasteiger partial charge on any atom is -0.493 e. The molecule has 0 heterocycles. The fourth-order valence-corrected chi connectivity index (χ4v) is 2.71. The first-order chi connectivity index (χ1) is 13.7. The SMILES string of the molecule is CCOC(=NCCOCc1ccccc1)c1c(C#CCl)ccc(OC)c1OC. The Balaban J connectivity index is 2.21. The molecule has 0 aliphatic heterocycles. The van der Waals surface area contributed by atoms with Gasteiger partial charge in [0.25, 0.3) is 0 Å². The Morgan fingerprint density at radius 1 is 1.07 bits per heavy atom. The molecule has 0 saturated heterocycles. The van der Waals surface area contributed by atoms with Crippen LogP contribution in [0.15, 0.2) is 47.5 Å². The Morgan fingerprint density at radius 3 is 2.50 bits per heavy atom. The Bertz CT molecular complexity index is 841. The van der Waals surface area contributed by atoms with Gasteiger partial charge >= 0.3 is 0 Å². The van der Waals surface area contributed by atoms with Gasteiger partial charge in [-0.15, -0.1) is 0 Å². The number of aliphatic imine (C=N–C) groups is 1. The van der Waals surface area contributed by atoms with Gasteiger partial charge < -0.3 is 18.9 Å². The lowest BCUT2D eigenvalue weighted by Crippen LogP contribution is -2.13. The van der Waals surface area contributed by atoms with Gasteiger partial charge in [-0.2, -0.15) is 0 Å². The third kappa shape index (κ3) is 5.91. The fourth-order valence-electron chi connectivity index (χ4n) is 2.60. The molecule has 2 aromatic rings. The monoisotopic (exact) mass is 401 g/mol. The summed E-state index contributed by atoms with van der Waals surface area (Å²) in [7, 11) is 3.13. The van der Waals surface area contributed by atoms with E-state index in [9.17, 15) is 0 Å². The Kier molecular flexibility index (Phi) is 9.20. The van der Waals surface area contributed by atoms with Crippen LogP contribution in [0.1, 0.15) is 23.6 Å². The smallest absolute Gasteiger partial charge is 0.221 e. The maximum absolute atomic E-state index is 5.77. The zero-order valence-corrected chi connectivity index (χ0v) is 17.1. The van der Waals surface area contributed by atoms with Crippen LogP contribution in [0, 0.1) is 11.3 Å². The minimum atomic E-state index is 0.413. The van der Waals surface area contributed by atoms with Crippen LogP contribution in [0.5, 0.6) is 11.5 Å². The molecule has 0 saturated carbocycles. The summed E-state index contributed by atoms with van der Waals surface area (Å²) in [6, 6.07) is 13.6. The van der Waals surface area contributed by atoms with E-state index in [0.29, 0.717) is 54.9 Å². The molecule has 0 aliphatic carbocycles. The average Bonchev–Trinajstić information content (AvgIpc) is 2.73. The van der Waals surface area contributed by atoms with Crippen LogP contribution >= 0.6 is 11.6 Å². The van der Waals surface area contributed by atoms with Gasteiger partial charge in [-0.3, -0.25) is 0 Å². The molecule has 0 amide bonds. The van der Waals surface area contributed by atoms with Crippen molar-refractivity contribution in [2.75, 3.05) is 34.0 Å². The lowest BCUT2D eigenvalue weighted by Gasteiger charge is -2.16. The molecule has 0 aliphatic rings.